The van der Waals surface area contributed by atoms with Crippen LogP contribution in [0.15, 0.2) is 33.4 Å². The van der Waals surface area contributed by atoms with Crippen molar-refractivity contribution in [1.82, 2.24) is 10.5 Å². The minimum Gasteiger partial charge on any atom is -0.468 e. The van der Waals surface area contributed by atoms with Crippen molar-refractivity contribution in [2.75, 3.05) is 0 Å². The van der Waals surface area contributed by atoms with Crippen molar-refractivity contribution in [2.24, 2.45) is 0 Å². The van der Waals surface area contributed by atoms with Crippen LogP contribution in [0.1, 0.15) is 36.6 Å². The van der Waals surface area contributed by atoms with Crippen LogP contribution in [0, 0.1) is 6.92 Å². The predicted octanol–water partition coefficient (Wildman–Crippen LogP) is 2.82. The monoisotopic (exact) mass is 220 g/mol. The van der Waals surface area contributed by atoms with E-state index in [-0.39, 0.29) is 6.04 Å². The predicted molar refractivity (Wildman–Crippen MR) is 59.8 cm³/mol. The first kappa shape index (κ1) is 11.0. The molecule has 2 heterocycles. The van der Waals surface area contributed by atoms with Crippen LogP contribution in [0.4, 0.5) is 0 Å². The van der Waals surface area contributed by atoms with Crippen molar-refractivity contribution >= 4 is 0 Å². The number of nitrogens with zero attached hydrogens (tertiary/aromatic N) is 1. The molecule has 16 heavy (non-hydrogen) atoms. The number of hydrogen-bond donors (Lipinski definition) is 1. The summed E-state index contributed by atoms with van der Waals surface area (Å²) in [5.74, 6) is 1.81. The Morgan fingerprint density at radius 3 is 2.94 bits per heavy atom. The molecule has 0 spiro atoms. The molecule has 2 aromatic heterocycles. The van der Waals surface area contributed by atoms with Crippen LogP contribution in [0.25, 0.3) is 0 Å². The lowest BCUT2D eigenvalue weighted by Gasteiger charge is -2.12. The third kappa shape index (κ3) is 2.52. The number of aryl methyl sites for hydroxylation is 1. The summed E-state index contributed by atoms with van der Waals surface area (Å²) in [7, 11) is 0. The van der Waals surface area contributed by atoms with Gasteiger partial charge in [0.25, 0.3) is 0 Å². The fraction of sp³-hybridized carbons (Fsp3) is 0.417. The van der Waals surface area contributed by atoms with Crippen LogP contribution in [-0.2, 0) is 6.54 Å². The molecule has 2 aromatic rings. The Morgan fingerprint density at radius 2 is 2.38 bits per heavy atom. The summed E-state index contributed by atoms with van der Waals surface area (Å²) in [4.78, 5) is 0. The maximum absolute atomic E-state index is 5.37. The molecular formula is C12H16N2O2. The molecule has 0 saturated carbocycles. The molecule has 0 saturated heterocycles. The molecule has 86 valence electrons. The van der Waals surface area contributed by atoms with Gasteiger partial charge >= 0.3 is 0 Å². The zero-order valence-corrected chi connectivity index (χ0v) is 9.56. The van der Waals surface area contributed by atoms with E-state index < -0.39 is 0 Å². The molecule has 0 aliphatic carbocycles. The average molecular weight is 220 g/mol. The number of nitrogens with one attached hydrogen (secondary N) is 1. The van der Waals surface area contributed by atoms with Crippen LogP contribution in [-0.4, -0.2) is 5.16 Å². The van der Waals surface area contributed by atoms with Gasteiger partial charge in [-0.25, -0.2) is 0 Å². The third-order valence-corrected chi connectivity index (χ3v) is 2.49. The van der Waals surface area contributed by atoms with E-state index >= 15 is 0 Å². The van der Waals surface area contributed by atoms with Crippen LogP contribution in [0.5, 0.6) is 0 Å². The van der Waals surface area contributed by atoms with E-state index in [1.165, 1.54) is 0 Å². The molecule has 0 aliphatic rings. The van der Waals surface area contributed by atoms with Gasteiger partial charge in [0.1, 0.15) is 5.76 Å². The van der Waals surface area contributed by atoms with Gasteiger partial charge in [0.2, 0.25) is 0 Å². The first-order valence-electron chi connectivity index (χ1n) is 5.48. The summed E-state index contributed by atoms with van der Waals surface area (Å²) in [5, 5.41) is 7.22. The van der Waals surface area contributed by atoms with E-state index in [1.807, 2.05) is 25.1 Å². The second-order valence-corrected chi connectivity index (χ2v) is 3.79. The van der Waals surface area contributed by atoms with Gasteiger partial charge in [0, 0.05) is 6.07 Å². The van der Waals surface area contributed by atoms with Crippen LogP contribution in [0.3, 0.4) is 0 Å². The first-order valence-corrected chi connectivity index (χ1v) is 5.48. The van der Waals surface area contributed by atoms with Gasteiger partial charge < -0.3 is 14.3 Å². The van der Waals surface area contributed by atoms with E-state index in [4.69, 9.17) is 8.94 Å². The minimum atomic E-state index is 0.223. The topological polar surface area (TPSA) is 51.2 Å². The van der Waals surface area contributed by atoms with Crippen molar-refractivity contribution < 1.29 is 8.94 Å². The zero-order valence-electron chi connectivity index (χ0n) is 9.56. The maximum Gasteiger partial charge on any atom is 0.150 e. The van der Waals surface area contributed by atoms with Crippen LogP contribution >= 0.6 is 0 Å². The highest BCUT2D eigenvalue weighted by Crippen LogP contribution is 2.17. The summed E-state index contributed by atoms with van der Waals surface area (Å²) in [6, 6.07) is 6.04. The molecule has 0 aromatic carbocycles. The Bertz CT molecular complexity index is 420. The summed E-state index contributed by atoms with van der Waals surface area (Å²) in [6.07, 6.45) is 2.67. The molecule has 0 aliphatic heterocycles. The molecule has 1 atom stereocenters. The van der Waals surface area contributed by atoms with E-state index in [2.05, 4.69) is 17.4 Å². The van der Waals surface area contributed by atoms with Gasteiger partial charge in [-0.15, -0.1) is 0 Å². The van der Waals surface area contributed by atoms with Crippen molar-refractivity contribution in [3.05, 3.63) is 41.7 Å². The summed E-state index contributed by atoms with van der Waals surface area (Å²) in [6.45, 7) is 4.70. The van der Waals surface area contributed by atoms with Gasteiger partial charge in [-0.1, -0.05) is 12.1 Å². The third-order valence-electron chi connectivity index (χ3n) is 2.49. The van der Waals surface area contributed by atoms with Gasteiger partial charge in [-0.3, -0.25) is 0 Å². The van der Waals surface area contributed by atoms with Gasteiger partial charge in [-0.05, 0) is 25.5 Å². The van der Waals surface area contributed by atoms with Crippen LogP contribution in [0.2, 0.25) is 0 Å². The fourth-order valence-electron chi connectivity index (χ4n) is 1.66. The van der Waals surface area contributed by atoms with Gasteiger partial charge in [0.15, 0.2) is 5.76 Å². The van der Waals surface area contributed by atoms with E-state index in [1.54, 1.807) is 6.26 Å². The highest BCUT2D eigenvalue weighted by Gasteiger charge is 2.12. The SMILES string of the molecule is CCC(NCc1cc(C)no1)c1ccco1. The van der Waals surface area contributed by atoms with Crippen molar-refractivity contribution in [3.8, 4) is 0 Å². The summed E-state index contributed by atoms with van der Waals surface area (Å²) in [5.41, 5.74) is 0.905. The lowest BCUT2D eigenvalue weighted by Crippen LogP contribution is -2.19. The molecule has 4 heteroatoms. The number of aromatic nitrogens is 1. The lowest BCUT2D eigenvalue weighted by molar-refractivity contribution is 0.344. The van der Waals surface area contributed by atoms with E-state index in [9.17, 15) is 0 Å². The quantitative estimate of drug-likeness (QED) is 0.841. The molecule has 1 N–H and O–H groups in total. The normalized spacial score (nSPS) is 12.9. The summed E-state index contributed by atoms with van der Waals surface area (Å²) < 4.78 is 10.5. The molecule has 1 unspecified atom stereocenters. The maximum atomic E-state index is 5.37. The van der Waals surface area contributed by atoms with Gasteiger partial charge in [0.05, 0.1) is 24.5 Å². The second kappa shape index (κ2) is 4.99. The fourth-order valence-corrected chi connectivity index (χ4v) is 1.66. The lowest BCUT2D eigenvalue weighted by atomic mass is 10.1. The number of rotatable bonds is 5. The average Bonchev–Trinajstić information content (AvgIpc) is 2.91. The van der Waals surface area contributed by atoms with Crippen molar-refractivity contribution in [2.45, 2.75) is 32.9 Å². The molecule has 0 bridgehead atoms. The highest BCUT2D eigenvalue weighted by molar-refractivity contribution is 5.06. The summed E-state index contributed by atoms with van der Waals surface area (Å²) >= 11 is 0. The zero-order chi connectivity index (χ0) is 11.4. The van der Waals surface area contributed by atoms with Crippen molar-refractivity contribution in [3.63, 3.8) is 0 Å². The van der Waals surface area contributed by atoms with Crippen LogP contribution < -0.4 is 5.32 Å². The smallest absolute Gasteiger partial charge is 0.150 e. The Hall–Kier alpha value is -1.55. The first-order chi connectivity index (χ1) is 7.79. The van der Waals surface area contributed by atoms with E-state index in [0.717, 1.165) is 23.6 Å². The molecule has 2 rings (SSSR count). The highest BCUT2D eigenvalue weighted by atomic mass is 16.5. The number of furan rings is 1. The standard InChI is InChI=1S/C12H16N2O2/c1-3-11(12-5-4-6-15-12)13-8-10-7-9(2)14-16-10/h4-7,11,13H,3,8H2,1-2H3. The Labute approximate surface area is 94.6 Å². The van der Waals surface area contributed by atoms with Crippen molar-refractivity contribution in [1.29, 1.82) is 0 Å². The Balaban J connectivity index is 1.93. The van der Waals surface area contributed by atoms with Gasteiger partial charge in [-0.2, -0.15) is 0 Å². The minimum absolute atomic E-state index is 0.223. The molecule has 0 radical (unpaired) electrons. The number of hydrogen-bond acceptors (Lipinski definition) is 4. The Morgan fingerprint density at radius 1 is 1.50 bits per heavy atom. The molecule has 0 fully saturated rings. The largest absolute Gasteiger partial charge is 0.468 e. The second-order valence-electron chi connectivity index (χ2n) is 3.79. The molecule has 4 nitrogen and oxygen atoms in total. The van der Waals surface area contributed by atoms with E-state index in [0.29, 0.717) is 6.54 Å². The Kier molecular flexibility index (Phi) is 3.41. The molecule has 0 amide bonds. The molecular weight excluding hydrogens is 204 g/mol.